The van der Waals surface area contributed by atoms with Crippen molar-refractivity contribution in [2.45, 2.75) is 5.16 Å². The van der Waals surface area contributed by atoms with Crippen LogP contribution in [0.1, 0.15) is 0 Å². The maximum Gasteiger partial charge on any atom is 0.535 e. The predicted molar refractivity (Wildman–Crippen MR) is 84.6 cm³/mol. The number of carbonyl (C=O) groups excluding carboxylic acids is 1. The van der Waals surface area contributed by atoms with Gasteiger partial charge in [-0.05, 0) is 22.3 Å². The van der Waals surface area contributed by atoms with Gasteiger partial charge in [0.15, 0.2) is 0 Å². The van der Waals surface area contributed by atoms with Crippen LogP contribution in [-0.2, 0) is 4.74 Å². The molecule has 0 amide bonds. The van der Waals surface area contributed by atoms with Gasteiger partial charge in [-0.25, -0.2) is 9.78 Å². The highest BCUT2D eigenvalue weighted by atomic mass is 33.1. The molecule has 0 radical (unpaired) electrons. The number of nitrogens with one attached hydrogen (secondary N) is 1. The molecule has 0 saturated heterocycles. The Hall–Kier alpha value is -2.33. The summed E-state index contributed by atoms with van der Waals surface area (Å²) >= 11 is 0. The lowest BCUT2D eigenvalue weighted by atomic mass is 10.3. The van der Waals surface area contributed by atoms with Crippen LogP contribution in [0.5, 0.6) is 0 Å². The first-order valence-electron chi connectivity index (χ1n) is 6.60. The van der Waals surface area contributed by atoms with Gasteiger partial charge in [-0.1, -0.05) is 27.8 Å². The molecule has 0 fully saturated rings. The van der Waals surface area contributed by atoms with Crippen LogP contribution >= 0.6 is 21.6 Å². The smallest absolute Gasteiger partial charge is 0.432 e. The molecule has 3 aromatic rings. The van der Waals surface area contributed by atoms with Gasteiger partial charge in [0.1, 0.15) is 23.8 Å². The van der Waals surface area contributed by atoms with Crippen molar-refractivity contribution in [1.29, 1.82) is 0 Å². The molecule has 0 saturated carbocycles. The van der Waals surface area contributed by atoms with Crippen molar-refractivity contribution in [2.75, 3.05) is 12.4 Å². The van der Waals surface area contributed by atoms with Crippen molar-refractivity contribution in [3.8, 4) is 0 Å². The summed E-state index contributed by atoms with van der Waals surface area (Å²) in [6.07, 6.45) is 2.68. The van der Waals surface area contributed by atoms with E-state index in [0.29, 0.717) is 16.8 Å². The van der Waals surface area contributed by atoms with E-state index in [0.717, 1.165) is 10.0 Å². The molecule has 1 N–H and O–H groups in total. The van der Waals surface area contributed by atoms with Gasteiger partial charge in [-0.15, -0.1) is 5.10 Å². The number of rotatable bonds is 6. The van der Waals surface area contributed by atoms with Gasteiger partial charge in [0, 0.05) is 22.6 Å². The molecule has 3 rings (SSSR count). The van der Waals surface area contributed by atoms with Crippen LogP contribution in [0.3, 0.4) is 0 Å². The standard InChI is InChI=1S/C13H11N5O3S2/c19-13(20-8-9-22-23-12-14-6-3-7-15-12)21-18-11-5-2-1-4-10(11)16-17-18/h1-7H,8-9H2/p+1. The summed E-state index contributed by atoms with van der Waals surface area (Å²) in [5, 5.41) is 8.40. The third-order valence-corrected chi connectivity index (χ3v) is 4.75. The highest BCUT2D eigenvalue weighted by Gasteiger charge is 2.11. The van der Waals surface area contributed by atoms with E-state index in [9.17, 15) is 4.79 Å². The Labute approximate surface area is 138 Å². The molecule has 0 spiro atoms. The summed E-state index contributed by atoms with van der Waals surface area (Å²) in [5.41, 5.74) is 1.24. The van der Waals surface area contributed by atoms with Gasteiger partial charge < -0.3 is 4.74 Å². The van der Waals surface area contributed by atoms with Crippen molar-refractivity contribution in [3.63, 3.8) is 0 Å². The first-order valence-corrected chi connectivity index (χ1v) is 8.92. The Bertz CT molecular complexity index is 783. The summed E-state index contributed by atoms with van der Waals surface area (Å²) in [7, 11) is 2.98. The number of aromatic nitrogens is 5. The molecule has 1 aromatic carbocycles. The van der Waals surface area contributed by atoms with Crippen LogP contribution in [0.2, 0.25) is 0 Å². The molecule has 0 unspecified atom stereocenters. The highest BCUT2D eigenvalue weighted by molar-refractivity contribution is 8.76. The first kappa shape index (κ1) is 15.6. The summed E-state index contributed by atoms with van der Waals surface area (Å²) < 4.78 is 4.99. The second kappa shape index (κ2) is 7.79. The van der Waals surface area contributed by atoms with Crippen LogP contribution in [0.4, 0.5) is 4.79 Å². The normalized spacial score (nSPS) is 10.6. The SMILES string of the molecule is O=C(OCCSSc1nccc[nH+]1)On1nnc2ccccc21. The lowest BCUT2D eigenvalue weighted by molar-refractivity contribution is -0.433. The molecule has 2 aromatic heterocycles. The maximum absolute atomic E-state index is 11.6. The van der Waals surface area contributed by atoms with Crippen LogP contribution < -0.4 is 9.82 Å². The second-order valence-corrected chi connectivity index (χ2v) is 6.54. The molecule has 2 heterocycles. The Morgan fingerprint density at radius 3 is 3.09 bits per heavy atom. The number of carbonyl (C=O) groups is 1. The summed E-state index contributed by atoms with van der Waals surface area (Å²) in [4.78, 5) is 24.8. The minimum Gasteiger partial charge on any atom is -0.432 e. The number of benzene rings is 1. The molecule has 8 nitrogen and oxygen atoms in total. The maximum atomic E-state index is 11.6. The van der Waals surface area contributed by atoms with E-state index in [-0.39, 0.29) is 6.61 Å². The van der Waals surface area contributed by atoms with E-state index in [1.54, 1.807) is 30.6 Å². The minimum absolute atomic E-state index is 0.218. The monoisotopic (exact) mass is 350 g/mol. The van der Waals surface area contributed by atoms with Crippen LogP contribution in [0, 0.1) is 0 Å². The zero-order valence-corrected chi connectivity index (χ0v) is 13.4. The van der Waals surface area contributed by atoms with Gasteiger partial charge in [0.2, 0.25) is 0 Å². The summed E-state index contributed by atoms with van der Waals surface area (Å²) in [5.74, 6) is 0.599. The number of hydrogen-bond donors (Lipinski definition) is 0. The average molecular weight is 350 g/mol. The largest absolute Gasteiger partial charge is 0.535 e. The highest BCUT2D eigenvalue weighted by Crippen LogP contribution is 2.25. The molecule has 118 valence electrons. The van der Waals surface area contributed by atoms with Gasteiger partial charge in [-0.3, -0.25) is 4.84 Å². The van der Waals surface area contributed by atoms with E-state index in [1.165, 1.54) is 21.6 Å². The van der Waals surface area contributed by atoms with Crippen LogP contribution in [0.15, 0.2) is 47.9 Å². The summed E-state index contributed by atoms with van der Waals surface area (Å²) in [6, 6.07) is 8.96. The van der Waals surface area contributed by atoms with Gasteiger partial charge in [-0.2, -0.15) is 0 Å². The third kappa shape index (κ3) is 4.33. The number of fused-ring (bicyclic) bond motifs is 1. The zero-order valence-electron chi connectivity index (χ0n) is 11.8. The molecule has 23 heavy (non-hydrogen) atoms. The lowest BCUT2D eigenvalue weighted by Gasteiger charge is -2.04. The molecule has 0 atom stereocenters. The number of aromatic amines is 1. The Balaban J connectivity index is 1.40. The fraction of sp³-hybridized carbons (Fsp3) is 0.154. The lowest BCUT2D eigenvalue weighted by Crippen LogP contribution is -2.22. The number of hydrogen-bond acceptors (Lipinski definition) is 8. The molecule has 0 aliphatic carbocycles. The van der Waals surface area contributed by atoms with Gasteiger partial charge >= 0.3 is 11.3 Å². The van der Waals surface area contributed by atoms with Crippen molar-refractivity contribution in [1.82, 2.24) is 20.1 Å². The first-order chi connectivity index (χ1) is 11.3. The number of ether oxygens (including phenoxy) is 1. The third-order valence-electron chi connectivity index (χ3n) is 2.59. The van der Waals surface area contributed by atoms with Gasteiger partial charge in [0.25, 0.3) is 0 Å². The minimum atomic E-state index is -0.823. The van der Waals surface area contributed by atoms with Crippen molar-refractivity contribution < 1.29 is 19.4 Å². The molecular formula is C13H12N5O3S2+. The van der Waals surface area contributed by atoms with E-state index >= 15 is 0 Å². The summed E-state index contributed by atoms with van der Waals surface area (Å²) in [6.45, 7) is 0.218. The average Bonchev–Trinajstić information content (AvgIpc) is 2.99. The van der Waals surface area contributed by atoms with Gasteiger partial charge in [0.05, 0.1) is 6.20 Å². The molecule has 10 heteroatoms. The zero-order chi connectivity index (χ0) is 15.9. The Morgan fingerprint density at radius 2 is 2.22 bits per heavy atom. The van der Waals surface area contributed by atoms with Crippen molar-refractivity contribution in [3.05, 3.63) is 42.7 Å². The quantitative estimate of drug-likeness (QED) is 0.218. The number of para-hydroxylation sites is 1. The van der Waals surface area contributed by atoms with E-state index in [1.807, 2.05) is 12.1 Å². The van der Waals surface area contributed by atoms with Crippen molar-refractivity contribution in [2.24, 2.45) is 0 Å². The second-order valence-electron chi connectivity index (χ2n) is 4.13. The fourth-order valence-corrected chi connectivity index (χ4v) is 3.25. The molecular weight excluding hydrogens is 338 g/mol. The van der Waals surface area contributed by atoms with Crippen LogP contribution in [-0.4, -0.2) is 38.7 Å². The van der Waals surface area contributed by atoms with E-state index in [4.69, 9.17) is 9.57 Å². The number of nitrogens with zero attached hydrogens (tertiary/aromatic N) is 4. The van der Waals surface area contributed by atoms with Crippen LogP contribution in [0.25, 0.3) is 11.0 Å². The molecule has 0 bridgehead atoms. The molecule has 0 aliphatic heterocycles. The molecule has 0 aliphatic rings. The van der Waals surface area contributed by atoms with Crippen molar-refractivity contribution >= 4 is 38.8 Å². The predicted octanol–water partition coefficient (Wildman–Crippen LogP) is 1.65. The fourth-order valence-electron chi connectivity index (χ4n) is 1.62. The van der Waals surface area contributed by atoms with E-state index in [2.05, 4.69) is 20.3 Å². The Kier molecular flexibility index (Phi) is 5.27. The topological polar surface area (TPSA) is 93.3 Å². The number of H-pyrrole nitrogens is 1. The Morgan fingerprint density at radius 1 is 1.30 bits per heavy atom. The van der Waals surface area contributed by atoms with E-state index < -0.39 is 6.16 Å².